The van der Waals surface area contributed by atoms with E-state index >= 15 is 0 Å². The van der Waals surface area contributed by atoms with E-state index in [0.717, 1.165) is 17.9 Å². The molecule has 1 saturated carbocycles. The topological polar surface area (TPSA) is 29.3 Å². The van der Waals surface area contributed by atoms with Gasteiger partial charge in [-0.05, 0) is 57.5 Å². The smallest absolute Gasteiger partial charge is 0.0123 e. The third kappa shape index (κ3) is 3.23. The van der Waals surface area contributed by atoms with Gasteiger partial charge in [0.15, 0.2) is 0 Å². The number of hydrogen-bond acceptors (Lipinski definition) is 2. The largest absolute Gasteiger partial charge is 0.328 e. The lowest BCUT2D eigenvalue weighted by molar-refractivity contribution is 0.0630. The van der Waals surface area contributed by atoms with Crippen LogP contribution in [0.15, 0.2) is 0 Å². The third-order valence-electron chi connectivity index (χ3n) is 5.18. The van der Waals surface area contributed by atoms with Crippen molar-refractivity contribution in [2.24, 2.45) is 17.6 Å². The SMILES string of the molecule is CCC1CCCCC1N1CCC(C(C)N)CC1. The fourth-order valence-electron chi connectivity index (χ4n) is 3.92. The molecule has 0 radical (unpaired) electrons. The van der Waals surface area contributed by atoms with Gasteiger partial charge in [0, 0.05) is 12.1 Å². The van der Waals surface area contributed by atoms with Gasteiger partial charge in [-0.25, -0.2) is 0 Å². The molecule has 1 aliphatic carbocycles. The van der Waals surface area contributed by atoms with Crippen molar-refractivity contribution in [1.29, 1.82) is 0 Å². The molecular formula is C15H30N2. The van der Waals surface area contributed by atoms with Gasteiger partial charge in [-0.1, -0.05) is 26.2 Å². The lowest BCUT2D eigenvalue weighted by Gasteiger charge is -2.43. The van der Waals surface area contributed by atoms with E-state index in [2.05, 4.69) is 18.7 Å². The van der Waals surface area contributed by atoms with Gasteiger partial charge >= 0.3 is 0 Å². The van der Waals surface area contributed by atoms with Crippen LogP contribution < -0.4 is 5.73 Å². The predicted octanol–water partition coefficient (Wildman–Crippen LogP) is 3.01. The summed E-state index contributed by atoms with van der Waals surface area (Å²) in [6, 6.07) is 1.29. The molecule has 0 amide bonds. The van der Waals surface area contributed by atoms with Gasteiger partial charge in [-0.2, -0.15) is 0 Å². The number of piperidine rings is 1. The third-order valence-corrected chi connectivity index (χ3v) is 5.18. The van der Waals surface area contributed by atoms with Crippen LogP contribution in [0.5, 0.6) is 0 Å². The van der Waals surface area contributed by atoms with E-state index in [4.69, 9.17) is 5.73 Å². The Morgan fingerprint density at radius 2 is 1.76 bits per heavy atom. The Hall–Kier alpha value is -0.0800. The van der Waals surface area contributed by atoms with Crippen molar-refractivity contribution in [3.8, 4) is 0 Å². The average molecular weight is 238 g/mol. The summed E-state index contributed by atoms with van der Waals surface area (Å²) in [6.07, 6.45) is 9.85. The van der Waals surface area contributed by atoms with Crippen LogP contribution in [0.25, 0.3) is 0 Å². The molecule has 2 aliphatic rings. The molecule has 1 aliphatic heterocycles. The first-order valence-corrected chi connectivity index (χ1v) is 7.72. The molecule has 100 valence electrons. The first kappa shape index (κ1) is 13.4. The Labute approximate surface area is 107 Å². The van der Waals surface area contributed by atoms with Crippen molar-refractivity contribution < 1.29 is 0 Å². The first-order chi connectivity index (χ1) is 8.22. The molecule has 1 heterocycles. The molecule has 2 nitrogen and oxygen atoms in total. The molecule has 0 aromatic heterocycles. The fraction of sp³-hybridized carbons (Fsp3) is 1.00. The summed E-state index contributed by atoms with van der Waals surface area (Å²) in [7, 11) is 0. The van der Waals surface area contributed by atoms with Gasteiger partial charge < -0.3 is 10.6 Å². The van der Waals surface area contributed by atoms with E-state index in [0.29, 0.717) is 6.04 Å². The van der Waals surface area contributed by atoms with Crippen LogP contribution in [0, 0.1) is 11.8 Å². The Kier molecular flexibility index (Phi) is 4.87. The minimum Gasteiger partial charge on any atom is -0.328 e. The standard InChI is InChI=1S/C15H30N2/c1-3-13-6-4-5-7-15(13)17-10-8-14(9-11-17)12(2)16/h12-15H,3-11,16H2,1-2H3. The number of nitrogens with zero attached hydrogens (tertiary/aromatic N) is 1. The Morgan fingerprint density at radius 1 is 1.12 bits per heavy atom. The van der Waals surface area contributed by atoms with Gasteiger partial charge in [-0.3, -0.25) is 0 Å². The zero-order chi connectivity index (χ0) is 12.3. The molecule has 2 heteroatoms. The summed E-state index contributed by atoms with van der Waals surface area (Å²) < 4.78 is 0. The molecule has 3 unspecified atom stereocenters. The van der Waals surface area contributed by atoms with Crippen molar-refractivity contribution in [3.05, 3.63) is 0 Å². The van der Waals surface area contributed by atoms with Gasteiger partial charge in [-0.15, -0.1) is 0 Å². The lowest BCUT2D eigenvalue weighted by Crippen LogP contribution is -2.48. The Morgan fingerprint density at radius 3 is 2.35 bits per heavy atom. The number of hydrogen-bond donors (Lipinski definition) is 1. The highest BCUT2D eigenvalue weighted by molar-refractivity contribution is 4.86. The van der Waals surface area contributed by atoms with Crippen molar-refractivity contribution in [3.63, 3.8) is 0 Å². The highest BCUT2D eigenvalue weighted by Gasteiger charge is 2.32. The van der Waals surface area contributed by atoms with E-state index in [1.807, 2.05) is 0 Å². The zero-order valence-corrected chi connectivity index (χ0v) is 11.7. The van der Waals surface area contributed by atoms with Gasteiger partial charge in [0.2, 0.25) is 0 Å². The van der Waals surface area contributed by atoms with Crippen LogP contribution in [0.1, 0.15) is 58.8 Å². The minimum absolute atomic E-state index is 0.394. The number of rotatable bonds is 3. The fourth-order valence-corrected chi connectivity index (χ4v) is 3.92. The molecule has 17 heavy (non-hydrogen) atoms. The van der Waals surface area contributed by atoms with Crippen molar-refractivity contribution >= 4 is 0 Å². The maximum absolute atomic E-state index is 6.03. The molecular weight excluding hydrogens is 208 g/mol. The zero-order valence-electron chi connectivity index (χ0n) is 11.7. The summed E-state index contributed by atoms with van der Waals surface area (Å²) in [6.45, 7) is 7.15. The van der Waals surface area contributed by atoms with Gasteiger partial charge in [0.05, 0.1) is 0 Å². The average Bonchev–Trinajstić information content (AvgIpc) is 2.39. The molecule has 0 aromatic rings. The molecule has 2 fully saturated rings. The molecule has 0 spiro atoms. The summed E-state index contributed by atoms with van der Waals surface area (Å²) >= 11 is 0. The van der Waals surface area contributed by atoms with Crippen LogP contribution in [-0.2, 0) is 0 Å². The molecule has 0 bridgehead atoms. The maximum Gasteiger partial charge on any atom is 0.0123 e. The van der Waals surface area contributed by atoms with Crippen molar-refractivity contribution in [1.82, 2.24) is 4.90 Å². The van der Waals surface area contributed by atoms with E-state index in [-0.39, 0.29) is 0 Å². The van der Waals surface area contributed by atoms with Crippen molar-refractivity contribution in [2.75, 3.05) is 13.1 Å². The van der Waals surface area contributed by atoms with E-state index in [9.17, 15) is 0 Å². The maximum atomic E-state index is 6.03. The molecule has 1 saturated heterocycles. The second-order valence-corrected chi connectivity index (χ2v) is 6.25. The first-order valence-electron chi connectivity index (χ1n) is 7.72. The second kappa shape index (κ2) is 6.19. The van der Waals surface area contributed by atoms with E-state index < -0.39 is 0 Å². The highest BCUT2D eigenvalue weighted by atomic mass is 15.2. The summed E-state index contributed by atoms with van der Waals surface area (Å²) in [5.74, 6) is 1.74. The second-order valence-electron chi connectivity index (χ2n) is 6.25. The number of nitrogens with two attached hydrogens (primary N) is 1. The van der Waals surface area contributed by atoms with Crippen LogP contribution in [0.3, 0.4) is 0 Å². The van der Waals surface area contributed by atoms with E-state index in [1.54, 1.807) is 0 Å². The summed E-state index contributed by atoms with van der Waals surface area (Å²) in [4.78, 5) is 2.78. The lowest BCUT2D eigenvalue weighted by atomic mass is 9.80. The van der Waals surface area contributed by atoms with Gasteiger partial charge in [0.25, 0.3) is 0 Å². The van der Waals surface area contributed by atoms with Crippen LogP contribution in [0.4, 0.5) is 0 Å². The number of likely N-dealkylation sites (tertiary alicyclic amines) is 1. The normalized spacial score (nSPS) is 34.8. The highest BCUT2D eigenvalue weighted by Crippen LogP contribution is 2.33. The monoisotopic (exact) mass is 238 g/mol. The van der Waals surface area contributed by atoms with Crippen LogP contribution >= 0.6 is 0 Å². The van der Waals surface area contributed by atoms with E-state index in [1.165, 1.54) is 58.0 Å². The van der Waals surface area contributed by atoms with Crippen LogP contribution in [-0.4, -0.2) is 30.1 Å². The predicted molar refractivity (Wildman–Crippen MR) is 74.0 cm³/mol. The van der Waals surface area contributed by atoms with Gasteiger partial charge in [0.1, 0.15) is 0 Å². The minimum atomic E-state index is 0.394. The van der Waals surface area contributed by atoms with Crippen LogP contribution in [0.2, 0.25) is 0 Å². The molecule has 3 atom stereocenters. The summed E-state index contributed by atoms with van der Waals surface area (Å²) in [5.41, 5.74) is 6.03. The molecule has 0 aromatic carbocycles. The van der Waals surface area contributed by atoms with Crippen molar-refractivity contribution in [2.45, 2.75) is 70.9 Å². The Balaban J connectivity index is 1.86. The molecule has 2 N–H and O–H groups in total. The summed E-state index contributed by atoms with van der Waals surface area (Å²) in [5, 5.41) is 0. The molecule has 2 rings (SSSR count). The quantitative estimate of drug-likeness (QED) is 0.819. The Bertz CT molecular complexity index is 219.